The molecule has 148 valence electrons. The molecule has 0 aromatic heterocycles. The van der Waals surface area contributed by atoms with E-state index >= 15 is 0 Å². The number of ether oxygens (including phenoxy) is 1. The van der Waals surface area contributed by atoms with Crippen LogP contribution in [0.1, 0.15) is 38.5 Å². The van der Waals surface area contributed by atoms with Gasteiger partial charge >= 0.3 is 0 Å². The summed E-state index contributed by atoms with van der Waals surface area (Å²) in [6.45, 7) is 3.35. The molecule has 3 rings (SSSR count). The smallest absolute Gasteiger partial charge is 0.244 e. The van der Waals surface area contributed by atoms with Gasteiger partial charge in [0.15, 0.2) is 0 Å². The van der Waals surface area contributed by atoms with E-state index in [4.69, 9.17) is 10.5 Å². The third kappa shape index (κ3) is 5.76. The highest BCUT2D eigenvalue weighted by atomic mass is 16.5. The van der Waals surface area contributed by atoms with Crippen molar-refractivity contribution in [2.75, 3.05) is 43.5 Å². The van der Waals surface area contributed by atoms with Crippen LogP contribution < -0.4 is 16.4 Å². The van der Waals surface area contributed by atoms with Crippen LogP contribution in [0.4, 0.5) is 11.4 Å². The number of likely N-dealkylation sites (tertiary alicyclic amines) is 1. The van der Waals surface area contributed by atoms with Crippen LogP contribution in [0.25, 0.3) is 0 Å². The summed E-state index contributed by atoms with van der Waals surface area (Å²) < 4.78 is 5.29. The van der Waals surface area contributed by atoms with Crippen LogP contribution in [-0.2, 0) is 14.3 Å². The molecule has 2 aliphatic rings. The summed E-state index contributed by atoms with van der Waals surface area (Å²) in [5, 5.41) is 5.80. The zero-order chi connectivity index (χ0) is 19.1. The van der Waals surface area contributed by atoms with Gasteiger partial charge in [0.05, 0.1) is 6.54 Å². The molecule has 27 heavy (non-hydrogen) atoms. The topological polar surface area (TPSA) is 96.7 Å². The molecule has 2 amide bonds. The first-order valence-electron chi connectivity index (χ1n) is 9.85. The van der Waals surface area contributed by atoms with Crippen LogP contribution in [0.3, 0.4) is 0 Å². The fourth-order valence-electron chi connectivity index (χ4n) is 3.59. The molecule has 2 saturated heterocycles. The first-order valence-corrected chi connectivity index (χ1v) is 9.85. The molecule has 2 heterocycles. The Balaban J connectivity index is 1.55. The van der Waals surface area contributed by atoms with Crippen molar-refractivity contribution in [3.8, 4) is 0 Å². The molecule has 2 aliphatic heterocycles. The Labute approximate surface area is 160 Å². The summed E-state index contributed by atoms with van der Waals surface area (Å²) in [6.07, 6.45) is 5.81. The van der Waals surface area contributed by atoms with Gasteiger partial charge in [0.25, 0.3) is 0 Å². The Morgan fingerprint density at radius 1 is 1.04 bits per heavy atom. The number of rotatable bonds is 5. The number of nitrogens with two attached hydrogens (primary N) is 1. The van der Waals surface area contributed by atoms with Crippen LogP contribution in [0, 0.1) is 0 Å². The second-order valence-electron chi connectivity index (χ2n) is 7.54. The molecule has 7 nitrogen and oxygen atoms in total. The van der Waals surface area contributed by atoms with Crippen molar-refractivity contribution in [1.82, 2.24) is 4.90 Å². The number of nitrogens with zero attached hydrogens (tertiary/aromatic N) is 1. The van der Waals surface area contributed by atoms with E-state index in [2.05, 4.69) is 15.5 Å². The molecule has 0 unspecified atom stereocenters. The Bertz CT molecular complexity index is 650. The molecule has 4 N–H and O–H groups in total. The quantitative estimate of drug-likeness (QED) is 0.732. The third-order valence-electron chi connectivity index (χ3n) is 5.31. The van der Waals surface area contributed by atoms with E-state index in [0.717, 1.165) is 25.9 Å². The Morgan fingerprint density at radius 2 is 1.67 bits per heavy atom. The third-order valence-corrected chi connectivity index (χ3v) is 5.31. The summed E-state index contributed by atoms with van der Waals surface area (Å²) in [5.41, 5.74) is 6.62. The summed E-state index contributed by atoms with van der Waals surface area (Å²) in [7, 11) is 0. The average Bonchev–Trinajstić information content (AvgIpc) is 2.91. The molecular weight excluding hydrogens is 344 g/mol. The molecule has 1 aromatic rings. The van der Waals surface area contributed by atoms with Crippen molar-refractivity contribution in [3.05, 3.63) is 24.3 Å². The summed E-state index contributed by atoms with van der Waals surface area (Å²) in [6, 6.07) is 7.19. The monoisotopic (exact) mass is 374 g/mol. The summed E-state index contributed by atoms with van der Waals surface area (Å²) >= 11 is 0. The Hall–Kier alpha value is -1.96. The summed E-state index contributed by atoms with van der Waals surface area (Å²) in [5.74, 6) is -0.237. The second kappa shape index (κ2) is 9.30. The molecule has 7 heteroatoms. The number of hydrogen-bond acceptors (Lipinski definition) is 5. The SMILES string of the molecule is NC1(C(=O)Nc2cccc(NC(=O)CN3CCCCCC3)c2)CCOCC1. The van der Waals surface area contributed by atoms with Gasteiger partial charge in [-0.2, -0.15) is 0 Å². The standard InChI is InChI=1S/C20H30N4O3/c21-20(8-12-27-13-9-20)19(26)23-17-7-5-6-16(14-17)22-18(25)15-24-10-3-1-2-4-11-24/h5-7,14H,1-4,8-13,15,21H2,(H,22,25)(H,23,26). The predicted molar refractivity (Wildman–Crippen MR) is 106 cm³/mol. The Morgan fingerprint density at radius 3 is 2.33 bits per heavy atom. The zero-order valence-corrected chi connectivity index (χ0v) is 15.8. The van der Waals surface area contributed by atoms with Gasteiger partial charge < -0.3 is 21.1 Å². The molecular formula is C20H30N4O3. The molecule has 0 atom stereocenters. The first-order chi connectivity index (χ1) is 13.0. The second-order valence-corrected chi connectivity index (χ2v) is 7.54. The number of carbonyl (C=O) groups excluding carboxylic acids is 2. The maximum atomic E-state index is 12.5. The van der Waals surface area contributed by atoms with Gasteiger partial charge in [0.1, 0.15) is 5.54 Å². The van der Waals surface area contributed by atoms with E-state index in [1.165, 1.54) is 12.8 Å². The normalized spacial score (nSPS) is 20.5. The van der Waals surface area contributed by atoms with Gasteiger partial charge in [-0.05, 0) is 57.0 Å². The highest BCUT2D eigenvalue weighted by Crippen LogP contribution is 2.22. The van der Waals surface area contributed by atoms with Crippen LogP contribution in [0.15, 0.2) is 24.3 Å². The van der Waals surface area contributed by atoms with E-state index in [1.54, 1.807) is 12.1 Å². The lowest BCUT2D eigenvalue weighted by atomic mass is 9.90. The van der Waals surface area contributed by atoms with Gasteiger partial charge in [0, 0.05) is 24.6 Å². The van der Waals surface area contributed by atoms with Crippen molar-refractivity contribution in [2.24, 2.45) is 5.73 Å². The number of carbonyl (C=O) groups is 2. The zero-order valence-electron chi connectivity index (χ0n) is 15.8. The molecule has 0 aliphatic carbocycles. The highest BCUT2D eigenvalue weighted by Gasteiger charge is 2.35. The van der Waals surface area contributed by atoms with Crippen LogP contribution in [0.5, 0.6) is 0 Å². The maximum absolute atomic E-state index is 12.5. The molecule has 0 spiro atoms. The number of benzene rings is 1. The van der Waals surface area contributed by atoms with Gasteiger partial charge in [-0.3, -0.25) is 14.5 Å². The van der Waals surface area contributed by atoms with E-state index < -0.39 is 5.54 Å². The lowest BCUT2D eigenvalue weighted by Crippen LogP contribution is -2.54. The number of amides is 2. The largest absolute Gasteiger partial charge is 0.381 e. The van der Waals surface area contributed by atoms with Gasteiger partial charge in [-0.1, -0.05) is 18.9 Å². The molecule has 0 saturated carbocycles. The van der Waals surface area contributed by atoms with Gasteiger partial charge in [-0.15, -0.1) is 0 Å². The average molecular weight is 374 g/mol. The van der Waals surface area contributed by atoms with Crippen molar-refractivity contribution in [3.63, 3.8) is 0 Å². The highest BCUT2D eigenvalue weighted by molar-refractivity contribution is 5.99. The lowest BCUT2D eigenvalue weighted by Gasteiger charge is -2.31. The van der Waals surface area contributed by atoms with Crippen molar-refractivity contribution in [2.45, 2.75) is 44.1 Å². The van der Waals surface area contributed by atoms with E-state index in [1.807, 2.05) is 12.1 Å². The van der Waals surface area contributed by atoms with Gasteiger partial charge in [0.2, 0.25) is 11.8 Å². The van der Waals surface area contributed by atoms with E-state index in [0.29, 0.717) is 44.0 Å². The first kappa shape index (κ1) is 19.8. The van der Waals surface area contributed by atoms with E-state index in [-0.39, 0.29) is 11.8 Å². The minimum atomic E-state index is -0.899. The van der Waals surface area contributed by atoms with Crippen LogP contribution >= 0.6 is 0 Å². The van der Waals surface area contributed by atoms with Crippen molar-refractivity contribution in [1.29, 1.82) is 0 Å². The molecule has 2 fully saturated rings. The van der Waals surface area contributed by atoms with Crippen LogP contribution in [-0.4, -0.2) is 55.1 Å². The van der Waals surface area contributed by atoms with Crippen molar-refractivity contribution >= 4 is 23.2 Å². The number of nitrogens with one attached hydrogen (secondary N) is 2. The Kier molecular flexibility index (Phi) is 6.82. The predicted octanol–water partition coefficient (Wildman–Crippen LogP) is 1.95. The minimum absolute atomic E-state index is 0.0277. The number of anilines is 2. The fourth-order valence-corrected chi connectivity index (χ4v) is 3.59. The fraction of sp³-hybridized carbons (Fsp3) is 0.600. The molecule has 1 aromatic carbocycles. The summed E-state index contributed by atoms with van der Waals surface area (Å²) in [4.78, 5) is 27.1. The molecule has 0 radical (unpaired) electrons. The number of hydrogen-bond donors (Lipinski definition) is 3. The minimum Gasteiger partial charge on any atom is -0.381 e. The molecule has 0 bridgehead atoms. The maximum Gasteiger partial charge on any atom is 0.244 e. The van der Waals surface area contributed by atoms with E-state index in [9.17, 15) is 9.59 Å². The van der Waals surface area contributed by atoms with Crippen molar-refractivity contribution < 1.29 is 14.3 Å². The lowest BCUT2D eigenvalue weighted by molar-refractivity contribution is -0.124. The van der Waals surface area contributed by atoms with Crippen LogP contribution in [0.2, 0.25) is 0 Å². The van der Waals surface area contributed by atoms with Gasteiger partial charge in [-0.25, -0.2) is 0 Å².